The van der Waals surface area contributed by atoms with Crippen LogP contribution in [0.4, 0.5) is 5.69 Å². The molecule has 2 amide bonds. The molecule has 1 aromatic heterocycles. The van der Waals surface area contributed by atoms with Crippen molar-refractivity contribution in [2.24, 2.45) is 0 Å². The van der Waals surface area contributed by atoms with Crippen molar-refractivity contribution in [2.75, 3.05) is 19.0 Å². The summed E-state index contributed by atoms with van der Waals surface area (Å²) in [6, 6.07) is 12.1. The number of amides is 2. The van der Waals surface area contributed by atoms with Crippen LogP contribution in [0.3, 0.4) is 0 Å². The number of methoxy groups -OCH3 is 1. The lowest BCUT2D eigenvalue weighted by atomic mass is 10.1. The number of likely N-dealkylation sites (tertiary alicyclic amines) is 1. The molecule has 2 aromatic carbocycles. The van der Waals surface area contributed by atoms with Gasteiger partial charge in [-0.1, -0.05) is 17.7 Å². The zero-order chi connectivity index (χ0) is 23.5. The van der Waals surface area contributed by atoms with E-state index < -0.39 is 6.04 Å². The Bertz CT molecular complexity index is 1200. The Labute approximate surface area is 192 Å². The van der Waals surface area contributed by atoms with Crippen LogP contribution in [0, 0.1) is 13.8 Å². The molecule has 0 radical (unpaired) electrons. The molecule has 1 N–H and O–H groups in total. The molecule has 2 heterocycles. The van der Waals surface area contributed by atoms with E-state index in [4.69, 9.17) is 4.74 Å². The number of ether oxygens (including phenoxy) is 1. The molecule has 1 saturated heterocycles. The van der Waals surface area contributed by atoms with Crippen molar-refractivity contribution in [1.29, 1.82) is 0 Å². The summed E-state index contributed by atoms with van der Waals surface area (Å²) in [5.41, 5.74) is 4.42. The van der Waals surface area contributed by atoms with Crippen LogP contribution in [0.5, 0.6) is 0 Å². The van der Waals surface area contributed by atoms with Crippen LogP contribution in [0.15, 0.2) is 54.9 Å². The van der Waals surface area contributed by atoms with E-state index in [0.717, 1.165) is 23.2 Å². The molecule has 4 rings (SSSR count). The van der Waals surface area contributed by atoms with Crippen LogP contribution in [0.1, 0.15) is 44.7 Å². The van der Waals surface area contributed by atoms with Gasteiger partial charge in [-0.2, -0.15) is 5.10 Å². The monoisotopic (exact) mass is 446 g/mol. The van der Waals surface area contributed by atoms with Gasteiger partial charge in [0.1, 0.15) is 6.04 Å². The number of rotatable bonds is 5. The molecule has 0 saturated carbocycles. The summed E-state index contributed by atoms with van der Waals surface area (Å²) in [5, 5.41) is 7.18. The Kier molecular flexibility index (Phi) is 6.26. The Hall–Kier alpha value is -3.94. The lowest BCUT2D eigenvalue weighted by Crippen LogP contribution is -2.41. The van der Waals surface area contributed by atoms with E-state index in [1.54, 1.807) is 46.2 Å². The average Bonchev–Trinajstić information content (AvgIpc) is 3.48. The van der Waals surface area contributed by atoms with Gasteiger partial charge in [-0.3, -0.25) is 9.59 Å². The van der Waals surface area contributed by atoms with Gasteiger partial charge in [-0.15, -0.1) is 0 Å². The lowest BCUT2D eigenvalue weighted by Gasteiger charge is -2.22. The highest BCUT2D eigenvalue weighted by Crippen LogP contribution is 2.22. The SMILES string of the molecule is COC(=O)[C@@H]1CCCN1C(=O)c1ccc(-n2cc(NC(=O)c3ccc(C)cc3C)cn2)cc1. The predicted octanol–water partition coefficient (Wildman–Crippen LogP) is 3.52. The maximum Gasteiger partial charge on any atom is 0.328 e. The zero-order valence-electron chi connectivity index (χ0n) is 18.9. The first-order valence-electron chi connectivity index (χ1n) is 10.8. The predicted molar refractivity (Wildman–Crippen MR) is 124 cm³/mol. The number of hydrogen-bond donors (Lipinski definition) is 1. The number of esters is 1. The molecule has 8 nitrogen and oxygen atoms in total. The highest BCUT2D eigenvalue weighted by Gasteiger charge is 2.35. The average molecular weight is 447 g/mol. The number of benzene rings is 2. The molecular formula is C25H26N4O4. The maximum atomic E-state index is 12.9. The number of anilines is 1. The zero-order valence-corrected chi connectivity index (χ0v) is 18.9. The minimum absolute atomic E-state index is 0.196. The molecule has 8 heteroatoms. The minimum atomic E-state index is -0.531. The second-order valence-electron chi connectivity index (χ2n) is 8.17. The summed E-state index contributed by atoms with van der Waals surface area (Å²) in [5.74, 6) is -0.778. The van der Waals surface area contributed by atoms with Crippen molar-refractivity contribution < 1.29 is 19.1 Å². The normalized spacial score (nSPS) is 15.4. The van der Waals surface area contributed by atoms with Gasteiger partial charge in [0.05, 0.1) is 30.9 Å². The second-order valence-corrected chi connectivity index (χ2v) is 8.17. The summed E-state index contributed by atoms with van der Waals surface area (Å²) in [6.45, 7) is 4.42. The number of carbonyl (C=O) groups excluding carboxylic acids is 3. The van der Waals surface area contributed by atoms with Gasteiger partial charge in [0.25, 0.3) is 11.8 Å². The summed E-state index contributed by atoms with van der Waals surface area (Å²) >= 11 is 0. The molecule has 1 fully saturated rings. The van der Waals surface area contributed by atoms with Gasteiger partial charge in [0, 0.05) is 17.7 Å². The van der Waals surface area contributed by atoms with E-state index in [9.17, 15) is 14.4 Å². The number of aromatic nitrogens is 2. The Morgan fingerprint density at radius 1 is 1.09 bits per heavy atom. The topological polar surface area (TPSA) is 93.5 Å². The number of aryl methyl sites for hydroxylation is 2. The standard InChI is InChI=1S/C25H26N4O4/c1-16-6-11-21(17(2)13-16)23(30)27-19-14-26-29(15-19)20-9-7-18(8-10-20)24(31)28-12-4-5-22(28)25(32)33-3/h6-11,13-15,22H,4-5,12H2,1-3H3,(H,27,30)/t22-/m0/s1. The van der Waals surface area contributed by atoms with Gasteiger partial charge in [-0.05, 0) is 62.6 Å². The fourth-order valence-corrected chi connectivity index (χ4v) is 4.11. The van der Waals surface area contributed by atoms with Crippen LogP contribution in [-0.2, 0) is 9.53 Å². The molecule has 33 heavy (non-hydrogen) atoms. The van der Waals surface area contributed by atoms with Gasteiger partial charge in [0.15, 0.2) is 0 Å². The molecule has 0 unspecified atom stereocenters. The first-order valence-corrected chi connectivity index (χ1v) is 10.8. The molecule has 1 aliphatic heterocycles. The third-order valence-electron chi connectivity index (χ3n) is 5.83. The van der Waals surface area contributed by atoms with Crippen LogP contribution in [0.25, 0.3) is 5.69 Å². The van der Waals surface area contributed by atoms with E-state index in [1.807, 2.05) is 32.0 Å². The third-order valence-corrected chi connectivity index (χ3v) is 5.83. The number of carbonyl (C=O) groups is 3. The molecule has 1 atom stereocenters. The van der Waals surface area contributed by atoms with E-state index >= 15 is 0 Å². The number of hydrogen-bond acceptors (Lipinski definition) is 5. The largest absolute Gasteiger partial charge is 0.467 e. The number of nitrogens with zero attached hydrogens (tertiary/aromatic N) is 3. The highest BCUT2D eigenvalue weighted by atomic mass is 16.5. The van der Waals surface area contributed by atoms with Crippen molar-refractivity contribution in [2.45, 2.75) is 32.7 Å². The van der Waals surface area contributed by atoms with E-state index in [0.29, 0.717) is 29.8 Å². The summed E-state index contributed by atoms with van der Waals surface area (Å²) < 4.78 is 6.45. The molecule has 0 spiro atoms. The highest BCUT2D eigenvalue weighted by molar-refractivity contribution is 6.05. The van der Waals surface area contributed by atoms with Gasteiger partial charge < -0.3 is 15.0 Å². The molecular weight excluding hydrogens is 420 g/mol. The Balaban J connectivity index is 1.45. The Morgan fingerprint density at radius 3 is 2.55 bits per heavy atom. The van der Waals surface area contributed by atoms with Crippen molar-refractivity contribution in [3.05, 3.63) is 77.1 Å². The fourth-order valence-electron chi connectivity index (χ4n) is 4.11. The van der Waals surface area contributed by atoms with E-state index in [-0.39, 0.29) is 17.8 Å². The van der Waals surface area contributed by atoms with Crippen molar-refractivity contribution >= 4 is 23.5 Å². The summed E-state index contributed by atoms with van der Waals surface area (Å²) in [7, 11) is 1.33. The van der Waals surface area contributed by atoms with Crippen LogP contribution >= 0.6 is 0 Å². The van der Waals surface area contributed by atoms with Crippen molar-refractivity contribution in [1.82, 2.24) is 14.7 Å². The second kappa shape index (κ2) is 9.28. The third kappa shape index (κ3) is 4.64. The van der Waals surface area contributed by atoms with Gasteiger partial charge in [-0.25, -0.2) is 9.48 Å². The van der Waals surface area contributed by atoms with Crippen molar-refractivity contribution in [3.63, 3.8) is 0 Å². The molecule has 170 valence electrons. The first kappa shape index (κ1) is 22.3. The quantitative estimate of drug-likeness (QED) is 0.606. The summed E-state index contributed by atoms with van der Waals surface area (Å²) in [4.78, 5) is 39.0. The molecule has 0 aliphatic carbocycles. The van der Waals surface area contributed by atoms with Gasteiger partial charge in [0.2, 0.25) is 0 Å². The number of nitrogens with one attached hydrogen (secondary N) is 1. The van der Waals surface area contributed by atoms with Crippen LogP contribution in [0.2, 0.25) is 0 Å². The first-order chi connectivity index (χ1) is 15.9. The molecule has 0 bridgehead atoms. The van der Waals surface area contributed by atoms with Crippen LogP contribution < -0.4 is 5.32 Å². The lowest BCUT2D eigenvalue weighted by molar-refractivity contribution is -0.145. The summed E-state index contributed by atoms with van der Waals surface area (Å²) in [6.07, 6.45) is 4.67. The minimum Gasteiger partial charge on any atom is -0.467 e. The van der Waals surface area contributed by atoms with Gasteiger partial charge >= 0.3 is 5.97 Å². The van der Waals surface area contributed by atoms with Crippen LogP contribution in [-0.4, -0.2) is 52.2 Å². The Morgan fingerprint density at radius 2 is 1.85 bits per heavy atom. The maximum absolute atomic E-state index is 12.9. The van der Waals surface area contributed by atoms with E-state index in [1.165, 1.54) is 7.11 Å². The van der Waals surface area contributed by atoms with Crippen molar-refractivity contribution in [3.8, 4) is 5.69 Å². The molecule has 3 aromatic rings. The smallest absolute Gasteiger partial charge is 0.328 e. The molecule has 1 aliphatic rings. The fraction of sp³-hybridized carbons (Fsp3) is 0.280. The van der Waals surface area contributed by atoms with E-state index in [2.05, 4.69) is 10.4 Å².